The van der Waals surface area contributed by atoms with Crippen LogP contribution in [0.15, 0.2) is 91.1 Å². The van der Waals surface area contributed by atoms with Gasteiger partial charge >= 0.3 is 0 Å². The quantitative estimate of drug-likeness (QED) is 0.367. The highest BCUT2D eigenvalue weighted by Crippen LogP contribution is 2.26. The van der Waals surface area contributed by atoms with Crippen molar-refractivity contribution in [2.75, 3.05) is 22.6 Å². The molecule has 0 aliphatic heterocycles. The van der Waals surface area contributed by atoms with Gasteiger partial charge in [-0.15, -0.1) is 0 Å². The highest BCUT2D eigenvalue weighted by Gasteiger charge is 2.18. The van der Waals surface area contributed by atoms with Gasteiger partial charge in [0.2, 0.25) is 5.95 Å². The maximum Gasteiger partial charge on any atom is 0.255 e. The number of amides is 2. The Morgan fingerprint density at radius 2 is 1.36 bits per heavy atom. The van der Waals surface area contributed by atoms with E-state index in [4.69, 9.17) is 0 Å². The predicted molar refractivity (Wildman–Crippen MR) is 139 cm³/mol. The number of nitrogens with one attached hydrogen (secondary N) is 2. The van der Waals surface area contributed by atoms with Crippen LogP contribution in [-0.2, 0) is 0 Å². The van der Waals surface area contributed by atoms with Gasteiger partial charge in [-0.2, -0.15) is 14.6 Å². The van der Waals surface area contributed by atoms with Crippen molar-refractivity contribution in [3.63, 3.8) is 0 Å². The van der Waals surface area contributed by atoms with Crippen LogP contribution in [0, 0.1) is 6.92 Å². The maximum absolute atomic E-state index is 12.6. The summed E-state index contributed by atoms with van der Waals surface area (Å²) in [5, 5.41) is 10.2. The minimum absolute atomic E-state index is 0.175. The summed E-state index contributed by atoms with van der Waals surface area (Å²) in [6, 6.07) is 25.4. The van der Waals surface area contributed by atoms with Crippen molar-refractivity contribution < 1.29 is 9.59 Å². The average molecular weight is 478 g/mol. The fourth-order valence-electron chi connectivity index (χ4n) is 3.73. The smallest absolute Gasteiger partial charge is 0.255 e. The molecule has 0 aliphatic carbocycles. The van der Waals surface area contributed by atoms with Crippen molar-refractivity contribution in [1.29, 1.82) is 0 Å². The zero-order valence-electron chi connectivity index (χ0n) is 19.7. The normalized spacial score (nSPS) is 10.7. The first kappa shape index (κ1) is 22.7. The van der Waals surface area contributed by atoms with E-state index in [2.05, 4.69) is 25.7 Å². The van der Waals surface area contributed by atoms with E-state index in [-0.39, 0.29) is 11.8 Å². The number of benzene rings is 3. The summed E-state index contributed by atoms with van der Waals surface area (Å²) in [6.45, 7) is 1.79. The van der Waals surface area contributed by atoms with E-state index >= 15 is 0 Å². The second kappa shape index (κ2) is 9.67. The molecule has 0 unspecified atom stereocenters. The highest BCUT2D eigenvalue weighted by molar-refractivity contribution is 6.06. The van der Waals surface area contributed by atoms with Gasteiger partial charge in [0.25, 0.3) is 11.8 Å². The van der Waals surface area contributed by atoms with E-state index < -0.39 is 0 Å². The molecule has 5 rings (SSSR count). The summed E-state index contributed by atoms with van der Waals surface area (Å²) in [7, 11) is 1.86. The van der Waals surface area contributed by atoms with E-state index in [9.17, 15) is 9.59 Å². The van der Waals surface area contributed by atoms with Crippen LogP contribution in [-0.4, -0.2) is 38.4 Å². The molecule has 0 saturated heterocycles. The number of carbonyl (C=O) groups excluding carboxylic acids is 2. The number of hydrogen-bond donors (Lipinski definition) is 2. The summed E-state index contributed by atoms with van der Waals surface area (Å²) >= 11 is 0. The number of aromatic nitrogens is 4. The van der Waals surface area contributed by atoms with E-state index in [1.807, 2.05) is 72.6 Å². The van der Waals surface area contributed by atoms with Gasteiger partial charge in [-0.25, -0.2) is 4.98 Å². The topological polar surface area (TPSA) is 105 Å². The third kappa shape index (κ3) is 4.62. The Morgan fingerprint density at radius 1 is 0.778 bits per heavy atom. The van der Waals surface area contributed by atoms with Gasteiger partial charge < -0.3 is 15.5 Å². The molecule has 0 saturated carbocycles. The van der Waals surface area contributed by atoms with Gasteiger partial charge in [-0.05, 0) is 55.5 Å². The summed E-state index contributed by atoms with van der Waals surface area (Å²) in [5.74, 6) is 0.641. The first-order valence-corrected chi connectivity index (χ1v) is 11.3. The second-order valence-corrected chi connectivity index (χ2v) is 8.11. The van der Waals surface area contributed by atoms with Crippen LogP contribution in [0.1, 0.15) is 26.5 Å². The van der Waals surface area contributed by atoms with Crippen LogP contribution < -0.4 is 15.5 Å². The van der Waals surface area contributed by atoms with E-state index in [0.717, 1.165) is 5.69 Å². The first-order valence-electron chi connectivity index (χ1n) is 11.3. The molecule has 0 bridgehead atoms. The molecule has 36 heavy (non-hydrogen) atoms. The predicted octanol–water partition coefficient (Wildman–Crippen LogP) is 4.71. The third-order valence-electron chi connectivity index (χ3n) is 5.60. The van der Waals surface area contributed by atoms with Gasteiger partial charge in [0, 0.05) is 29.5 Å². The minimum atomic E-state index is -0.246. The molecule has 0 spiro atoms. The van der Waals surface area contributed by atoms with Crippen LogP contribution in [0.25, 0.3) is 5.65 Å². The SMILES string of the molecule is Cc1nc(N(C)c2ccc(NC(=O)c3ccccc3)cc2)n2ncc(NC(=O)c3ccccc3)c2n1. The van der Waals surface area contributed by atoms with Crippen LogP contribution in [0.2, 0.25) is 0 Å². The van der Waals surface area contributed by atoms with E-state index in [1.54, 1.807) is 41.9 Å². The molecule has 2 heterocycles. The van der Waals surface area contributed by atoms with Gasteiger partial charge in [0.05, 0.1) is 6.20 Å². The fourth-order valence-corrected chi connectivity index (χ4v) is 3.73. The lowest BCUT2D eigenvalue weighted by Crippen LogP contribution is -2.18. The molecule has 0 atom stereocenters. The van der Waals surface area contributed by atoms with Crippen LogP contribution in [0.4, 0.5) is 23.0 Å². The molecule has 2 N–H and O–H groups in total. The lowest BCUT2D eigenvalue weighted by molar-refractivity contribution is 0.101. The van der Waals surface area contributed by atoms with Crippen molar-refractivity contribution in [2.45, 2.75) is 6.92 Å². The molecule has 2 amide bonds. The molecule has 0 radical (unpaired) electrons. The number of rotatable bonds is 6. The molecule has 9 heteroatoms. The Morgan fingerprint density at radius 3 is 1.97 bits per heavy atom. The molecular weight excluding hydrogens is 454 g/mol. The zero-order valence-corrected chi connectivity index (χ0v) is 19.7. The summed E-state index contributed by atoms with van der Waals surface area (Å²) < 4.78 is 1.58. The van der Waals surface area contributed by atoms with Gasteiger partial charge in [-0.3, -0.25) is 9.59 Å². The van der Waals surface area contributed by atoms with Gasteiger partial charge in [0.15, 0.2) is 5.65 Å². The average Bonchev–Trinajstić information content (AvgIpc) is 3.31. The minimum Gasteiger partial charge on any atom is -0.322 e. The van der Waals surface area contributed by atoms with Crippen LogP contribution in [0.3, 0.4) is 0 Å². The largest absolute Gasteiger partial charge is 0.322 e. The van der Waals surface area contributed by atoms with E-state index in [1.165, 1.54) is 0 Å². The molecule has 0 fully saturated rings. The number of aryl methyl sites for hydroxylation is 1. The summed E-state index contributed by atoms with van der Waals surface area (Å²) in [4.78, 5) is 36.0. The van der Waals surface area contributed by atoms with Crippen LogP contribution in [0.5, 0.6) is 0 Å². The molecule has 2 aromatic heterocycles. The Kier molecular flexibility index (Phi) is 6.10. The lowest BCUT2D eigenvalue weighted by Gasteiger charge is -2.19. The Balaban J connectivity index is 1.38. The molecule has 178 valence electrons. The van der Waals surface area contributed by atoms with E-state index in [0.29, 0.717) is 39.9 Å². The monoisotopic (exact) mass is 477 g/mol. The highest BCUT2D eigenvalue weighted by atomic mass is 16.2. The number of hydrogen-bond acceptors (Lipinski definition) is 6. The number of carbonyl (C=O) groups is 2. The first-order chi connectivity index (χ1) is 17.5. The lowest BCUT2D eigenvalue weighted by atomic mass is 10.2. The van der Waals surface area contributed by atoms with Crippen LogP contribution >= 0.6 is 0 Å². The molecule has 5 aromatic rings. The molecule has 3 aromatic carbocycles. The summed E-state index contributed by atoms with van der Waals surface area (Å²) in [6.07, 6.45) is 1.56. The van der Waals surface area contributed by atoms with Crippen molar-refractivity contribution in [2.24, 2.45) is 0 Å². The van der Waals surface area contributed by atoms with Gasteiger partial charge in [-0.1, -0.05) is 36.4 Å². The maximum atomic E-state index is 12.6. The molecule has 0 aliphatic rings. The molecule has 9 nitrogen and oxygen atoms in total. The van der Waals surface area contributed by atoms with Crippen molar-refractivity contribution in [3.8, 4) is 0 Å². The number of nitrogens with zero attached hydrogens (tertiary/aromatic N) is 5. The Labute approximate surface area is 207 Å². The Hall–Kier alpha value is -5.05. The van der Waals surface area contributed by atoms with Gasteiger partial charge in [0.1, 0.15) is 11.5 Å². The number of fused-ring (bicyclic) bond motifs is 1. The van der Waals surface area contributed by atoms with Crippen molar-refractivity contribution >= 4 is 40.5 Å². The van der Waals surface area contributed by atoms with Crippen molar-refractivity contribution in [3.05, 3.63) is 108 Å². The third-order valence-corrected chi connectivity index (χ3v) is 5.60. The zero-order chi connectivity index (χ0) is 25.1. The standard InChI is InChI=1S/C27H23N7O2/c1-18-29-24-23(32-26(36)20-11-7-4-8-12-20)17-28-34(24)27(30-18)33(2)22-15-13-21(14-16-22)31-25(35)19-9-5-3-6-10-19/h3-17H,1-2H3,(H,31,35)(H,32,36). The van der Waals surface area contributed by atoms with Crippen molar-refractivity contribution in [1.82, 2.24) is 19.6 Å². The Bertz CT molecular complexity index is 1530. The second-order valence-electron chi connectivity index (χ2n) is 8.11. The fraction of sp³-hybridized carbons (Fsp3) is 0.0741. The molecular formula is C27H23N7O2. The number of anilines is 4. The summed E-state index contributed by atoms with van der Waals surface area (Å²) in [5.41, 5.74) is 3.61.